The van der Waals surface area contributed by atoms with E-state index in [-0.39, 0.29) is 11.7 Å². The lowest BCUT2D eigenvalue weighted by Gasteiger charge is -2.05. The van der Waals surface area contributed by atoms with Crippen LogP contribution in [0.1, 0.15) is 15.2 Å². The third-order valence-corrected chi connectivity index (χ3v) is 4.73. The van der Waals surface area contributed by atoms with Crippen LogP contribution in [0, 0.1) is 6.92 Å². The number of carbonyl (C=O) groups excluding carboxylic acids is 1. The number of aromatic hydroxyl groups is 1. The number of thiophene rings is 1. The van der Waals surface area contributed by atoms with Crippen molar-refractivity contribution in [3.63, 3.8) is 0 Å². The minimum absolute atomic E-state index is 0.0627. The Morgan fingerprint density at radius 2 is 2.17 bits per heavy atom. The molecule has 18 heavy (non-hydrogen) atoms. The van der Waals surface area contributed by atoms with Crippen LogP contribution in [0.3, 0.4) is 0 Å². The van der Waals surface area contributed by atoms with Gasteiger partial charge < -0.3 is 10.4 Å². The molecule has 0 saturated carbocycles. The van der Waals surface area contributed by atoms with Crippen molar-refractivity contribution in [2.45, 2.75) is 6.92 Å². The molecule has 6 heteroatoms. The Bertz CT molecular complexity index is 593. The van der Waals surface area contributed by atoms with Gasteiger partial charge in [-0.25, -0.2) is 0 Å². The largest absolute Gasteiger partial charge is 0.508 e. The highest BCUT2D eigenvalue weighted by molar-refractivity contribution is 9.11. The number of amides is 1. The molecule has 0 unspecified atom stereocenters. The predicted octanol–water partition coefficient (Wildman–Crippen LogP) is 4.43. The van der Waals surface area contributed by atoms with Crippen LogP contribution in [-0.4, -0.2) is 11.0 Å². The number of aryl methyl sites for hydroxylation is 1. The van der Waals surface area contributed by atoms with Gasteiger partial charge in [0.1, 0.15) is 5.75 Å². The molecule has 94 valence electrons. The van der Waals surface area contributed by atoms with Gasteiger partial charge in [0.2, 0.25) is 0 Å². The monoisotopic (exact) mass is 345 g/mol. The number of phenols is 1. The molecule has 0 aliphatic carbocycles. The molecule has 1 heterocycles. The van der Waals surface area contributed by atoms with Gasteiger partial charge in [-0.3, -0.25) is 4.79 Å². The van der Waals surface area contributed by atoms with Gasteiger partial charge in [-0.15, -0.1) is 11.3 Å². The lowest BCUT2D eigenvalue weighted by molar-refractivity contribution is 0.103. The number of hydrogen-bond acceptors (Lipinski definition) is 3. The van der Waals surface area contributed by atoms with Gasteiger partial charge in [-0.05, 0) is 46.6 Å². The van der Waals surface area contributed by atoms with Crippen molar-refractivity contribution >= 4 is 50.5 Å². The van der Waals surface area contributed by atoms with Crippen LogP contribution < -0.4 is 5.32 Å². The Balaban J connectivity index is 2.21. The Morgan fingerprint density at radius 3 is 2.72 bits per heavy atom. The number of anilines is 1. The Hall–Kier alpha value is -1.04. The van der Waals surface area contributed by atoms with Crippen molar-refractivity contribution in [3.05, 3.63) is 43.5 Å². The van der Waals surface area contributed by atoms with Crippen LogP contribution in [0.2, 0.25) is 5.02 Å². The molecule has 2 rings (SSSR count). The van der Waals surface area contributed by atoms with E-state index in [1.165, 1.54) is 23.5 Å². The summed E-state index contributed by atoms with van der Waals surface area (Å²) in [5.41, 5.74) is 1.49. The number of hydrogen-bond donors (Lipinski definition) is 2. The normalized spacial score (nSPS) is 10.4. The molecule has 2 N–H and O–H groups in total. The van der Waals surface area contributed by atoms with E-state index in [4.69, 9.17) is 11.6 Å². The van der Waals surface area contributed by atoms with E-state index in [9.17, 15) is 9.90 Å². The average molecular weight is 347 g/mol. The first-order valence-corrected chi connectivity index (χ1v) is 7.02. The summed E-state index contributed by atoms with van der Waals surface area (Å²) in [4.78, 5) is 12.6. The molecule has 0 saturated heterocycles. The zero-order valence-corrected chi connectivity index (χ0v) is 12.5. The zero-order valence-electron chi connectivity index (χ0n) is 9.33. The third-order valence-electron chi connectivity index (χ3n) is 2.28. The molecule has 1 aromatic carbocycles. The summed E-state index contributed by atoms with van der Waals surface area (Å²) < 4.78 is 0.935. The first kappa shape index (κ1) is 13.4. The lowest BCUT2D eigenvalue weighted by atomic mass is 10.3. The third kappa shape index (κ3) is 2.85. The minimum Gasteiger partial charge on any atom is -0.508 e. The van der Waals surface area contributed by atoms with E-state index in [0.717, 1.165) is 9.35 Å². The number of benzene rings is 1. The van der Waals surface area contributed by atoms with Crippen molar-refractivity contribution in [2.24, 2.45) is 0 Å². The van der Waals surface area contributed by atoms with Crippen molar-refractivity contribution in [1.82, 2.24) is 0 Å². The molecule has 0 aliphatic heterocycles. The van der Waals surface area contributed by atoms with Crippen LogP contribution in [0.4, 0.5) is 5.69 Å². The molecule has 0 radical (unpaired) electrons. The van der Waals surface area contributed by atoms with Gasteiger partial charge in [0.25, 0.3) is 5.91 Å². The van der Waals surface area contributed by atoms with Gasteiger partial charge in [-0.2, -0.15) is 0 Å². The summed E-state index contributed by atoms with van der Waals surface area (Å²) in [5.74, 6) is -0.158. The smallest absolute Gasteiger partial charge is 0.265 e. The fourth-order valence-electron chi connectivity index (χ4n) is 1.36. The first-order chi connectivity index (χ1) is 8.47. The number of halogens is 2. The molecule has 2 aromatic rings. The molecule has 0 atom stereocenters. The number of phenolic OH excluding ortho intramolecular Hbond substituents is 1. The molecule has 1 amide bonds. The molecular weight excluding hydrogens is 338 g/mol. The van der Waals surface area contributed by atoms with Crippen LogP contribution in [0.5, 0.6) is 5.75 Å². The number of rotatable bonds is 2. The van der Waals surface area contributed by atoms with Crippen LogP contribution in [-0.2, 0) is 0 Å². The van der Waals surface area contributed by atoms with Crippen LogP contribution >= 0.6 is 38.9 Å². The second-order valence-electron chi connectivity index (χ2n) is 3.69. The molecule has 3 nitrogen and oxygen atoms in total. The fraction of sp³-hybridized carbons (Fsp3) is 0.0833. The quantitative estimate of drug-likeness (QED) is 0.790. The molecular formula is C12H9BrClNO2S. The van der Waals surface area contributed by atoms with Gasteiger partial charge in [0.15, 0.2) is 0 Å². The van der Waals surface area contributed by atoms with Gasteiger partial charge in [0.05, 0.1) is 19.4 Å². The van der Waals surface area contributed by atoms with Crippen molar-refractivity contribution in [2.75, 3.05) is 5.32 Å². The SMILES string of the molecule is Cc1cc(C(=O)Nc2ccc(O)cc2Cl)sc1Br. The molecule has 1 aromatic heterocycles. The lowest BCUT2D eigenvalue weighted by Crippen LogP contribution is -2.10. The second kappa shape index (κ2) is 5.30. The fourth-order valence-corrected chi connectivity index (χ4v) is 3.01. The molecule has 0 fully saturated rings. The maximum Gasteiger partial charge on any atom is 0.265 e. The highest BCUT2D eigenvalue weighted by atomic mass is 79.9. The Labute approximate surface area is 122 Å². The van der Waals surface area contributed by atoms with Crippen molar-refractivity contribution < 1.29 is 9.90 Å². The van der Waals surface area contributed by atoms with E-state index < -0.39 is 0 Å². The highest BCUT2D eigenvalue weighted by Crippen LogP contribution is 2.30. The Kier molecular flexibility index (Phi) is 3.94. The van der Waals surface area contributed by atoms with Gasteiger partial charge in [-0.1, -0.05) is 11.6 Å². The van der Waals surface area contributed by atoms with Gasteiger partial charge in [0, 0.05) is 6.07 Å². The predicted molar refractivity (Wildman–Crippen MR) is 77.8 cm³/mol. The maximum atomic E-state index is 12.0. The molecule has 0 aliphatic rings. The molecule has 0 bridgehead atoms. The summed E-state index contributed by atoms with van der Waals surface area (Å²) in [7, 11) is 0. The van der Waals surface area contributed by atoms with E-state index in [1.807, 2.05) is 6.92 Å². The average Bonchev–Trinajstić information content (AvgIpc) is 2.63. The maximum absolute atomic E-state index is 12.0. The summed E-state index contributed by atoms with van der Waals surface area (Å²) in [6.07, 6.45) is 0. The highest BCUT2D eigenvalue weighted by Gasteiger charge is 2.12. The zero-order chi connectivity index (χ0) is 13.3. The van der Waals surface area contributed by atoms with Gasteiger partial charge >= 0.3 is 0 Å². The number of carbonyl (C=O) groups is 1. The summed E-state index contributed by atoms with van der Waals surface area (Å²) in [5, 5.41) is 12.2. The van der Waals surface area contributed by atoms with Crippen LogP contribution in [0.15, 0.2) is 28.1 Å². The summed E-state index contributed by atoms with van der Waals surface area (Å²) in [6.45, 7) is 1.92. The van der Waals surface area contributed by atoms with E-state index in [2.05, 4.69) is 21.2 Å². The number of nitrogens with one attached hydrogen (secondary N) is 1. The van der Waals surface area contributed by atoms with E-state index in [0.29, 0.717) is 15.6 Å². The van der Waals surface area contributed by atoms with E-state index >= 15 is 0 Å². The molecule has 0 spiro atoms. The van der Waals surface area contributed by atoms with Crippen molar-refractivity contribution in [1.29, 1.82) is 0 Å². The van der Waals surface area contributed by atoms with E-state index in [1.54, 1.807) is 12.1 Å². The topological polar surface area (TPSA) is 49.3 Å². The second-order valence-corrected chi connectivity index (χ2v) is 6.46. The van der Waals surface area contributed by atoms with Crippen LogP contribution in [0.25, 0.3) is 0 Å². The van der Waals surface area contributed by atoms with Crippen molar-refractivity contribution in [3.8, 4) is 5.75 Å². The Morgan fingerprint density at radius 1 is 1.44 bits per heavy atom. The standard InChI is InChI=1S/C12H9BrClNO2S/c1-6-4-10(18-11(6)13)12(17)15-9-3-2-7(16)5-8(9)14/h2-5,16H,1H3,(H,15,17). The summed E-state index contributed by atoms with van der Waals surface area (Å²) >= 11 is 10.7. The first-order valence-electron chi connectivity index (χ1n) is 5.03. The summed E-state index contributed by atoms with van der Waals surface area (Å²) in [6, 6.07) is 6.22. The minimum atomic E-state index is -0.221.